The first kappa shape index (κ1) is 18.6. The van der Waals surface area contributed by atoms with Crippen molar-refractivity contribution in [1.82, 2.24) is 0 Å². The van der Waals surface area contributed by atoms with Crippen LogP contribution in [0.2, 0.25) is 0 Å². The van der Waals surface area contributed by atoms with Crippen LogP contribution >= 0.6 is 0 Å². The Bertz CT molecular complexity index is 432. The van der Waals surface area contributed by atoms with Crippen LogP contribution in [0.25, 0.3) is 0 Å². The monoisotopic (exact) mass is 340 g/mol. The molecule has 1 heterocycles. The van der Waals surface area contributed by atoms with Gasteiger partial charge in [-0.1, -0.05) is 55.4 Å². The van der Waals surface area contributed by atoms with Crippen LogP contribution in [-0.4, -0.2) is 11.6 Å². The van der Waals surface area contributed by atoms with Gasteiger partial charge in [-0.05, 0) is 36.5 Å². The number of hydrogen-bond acceptors (Lipinski definition) is 4. The molecule has 0 N–H and O–H groups in total. The Labute approximate surface area is 147 Å². The van der Waals surface area contributed by atoms with E-state index < -0.39 is 11.6 Å². The maximum Gasteiger partial charge on any atom is 0.239 e. The van der Waals surface area contributed by atoms with Crippen LogP contribution in [0.5, 0.6) is 0 Å². The van der Waals surface area contributed by atoms with E-state index in [9.17, 15) is 0 Å². The maximum atomic E-state index is 6.14. The fourth-order valence-corrected chi connectivity index (χ4v) is 5.02. The summed E-state index contributed by atoms with van der Waals surface area (Å²) < 4.78 is 0. The lowest BCUT2D eigenvalue weighted by molar-refractivity contribution is -0.692. The molecule has 2 saturated carbocycles. The van der Waals surface area contributed by atoms with Crippen molar-refractivity contribution in [3.05, 3.63) is 0 Å². The van der Waals surface area contributed by atoms with Crippen molar-refractivity contribution in [2.45, 2.75) is 92.6 Å². The molecule has 1 aliphatic heterocycles. The van der Waals surface area contributed by atoms with E-state index in [1.165, 1.54) is 12.8 Å². The molecule has 0 aromatic rings. The van der Waals surface area contributed by atoms with Gasteiger partial charge in [-0.2, -0.15) is 19.6 Å². The molecule has 2 spiro atoms. The Morgan fingerprint density at radius 2 is 0.875 bits per heavy atom. The summed E-state index contributed by atoms with van der Waals surface area (Å²) in [6.07, 6.45) is 3.94. The average Bonchev–Trinajstić information content (AvgIpc) is 2.46. The molecule has 0 amide bonds. The first-order valence-electron chi connectivity index (χ1n) is 9.69. The Balaban J connectivity index is 1.86. The Hall–Kier alpha value is -0.160. The highest BCUT2D eigenvalue weighted by molar-refractivity contribution is 5.00. The first-order chi connectivity index (χ1) is 11.0. The van der Waals surface area contributed by atoms with Crippen molar-refractivity contribution in [3.63, 3.8) is 0 Å². The van der Waals surface area contributed by atoms with Crippen molar-refractivity contribution in [2.75, 3.05) is 0 Å². The van der Waals surface area contributed by atoms with Crippen molar-refractivity contribution >= 4 is 0 Å². The lowest BCUT2D eigenvalue weighted by atomic mass is 9.62. The van der Waals surface area contributed by atoms with E-state index in [2.05, 4.69) is 55.4 Å². The zero-order chi connectivity index (χ0) is 18.0. The van der Waals surface area contributed by atoms with Crippen LogP contribution in [0.3, 0.4) is 0 Å². The van der Waals surface area contributed by atoms with E-state index in [0.717, 1.165) is 12.8 Å². The summed E-state index contributed by atoms with van der Waals surface area (Å²) in [6, 6.07) is 0. The lowest BCUT2D eigenvalue weighted by Crippen LogP contribution is -2.66. The van der Waals surface area contributed by atoms with Crippen molar-refractivity contribution in [1.29, 1.82) is 0 Å². The van der Waals surface area contributed by atoms with E-state index in [0.29, 0.717) is 23.7 Å². The molecule has 2 aliphatic carbocycles. The fraction of sp³-hybridized carbons (Fsp3) is 1.00. The number of hydrogen-bond donors (Lipinski definition) is 0. The highest BCUT2D eigenvalue weighted by atomic mass is 17.4. The van der Waals surface area contributed by atoms with Gasteiger partial charge >= 0.3 is 0 Å². The average molecular weight is 341 g/mol. The molecule has 140 valence electrons. The zero-order valence-electron chi connectivity index (χ0n) is 16.8. The van der Waals surface area contributed by atoms with Crippen LogP contribution in [-0.2, 0) is 19.6 Å². The molecule has 24 heavy (non-hydrogen) atoms. The van der Waals surface area contributed by atoms with E-state index in [1.54, 1.807) is 0 Å². The Morgan fingerprint density at radius 3 is 1.17 bits per heavy atom. The largest absolute Gasteiger partial charge is 0.239 e. The predicted octanol–water partition coefficient (Wildman–Crippen LogP) is 5.47. The second-order valence-corrected chi connectivity index (χ2v) is 10.2. The van der Waals surface area contributed by atoms with Crippen LogP contribution in [0, 0.1) is 34.5 Å². The highest BCUT2D eigenvalue weighted by Gasteiger charge is 2.65. The molecule has 4 atom stereocenters. The SMILES string of the molecule is CC1CC(C)C(C)(C)C2(C1)OOC1(CC(C)CC(C)C1(C)C)OO2. The third-order valence-electron chi connectivity index (χ3n) is 7.80. The van der Waals surface area contributed by atoms with Crippen LogP contribution in [0.1, 0.15) is 81.1 Å². The highest BCUT2D eigenvalue weighted by Crippen LogP contribution is 2.59. The standard InChI is InChI=1S/C20H36O4/c1-13-9-15(3)17(5,6)19(11-13)21-23-20(24-22-19)12-14(2)10-16(4)18(20,7)8/h13-16H,9-12H2,1-8H3. The first-order valence-corrected chi connectivity index (χ1v) is 9.69. The summed E-state index contributed by atoms with van der Waals surface area (Å²) in [6.45, 7) is 17.8. The molecule has 4 nitrogen and oxygen atoms in total. The molecule has 0 aromatic heterocycles. The minimum Gasteiger partial charge on any atom is -0.194 e. The van der Waals surface area contributed by atoms with Gasteiger partial charge in [-0.25, -0.2) is 0 Å². The van der Waals surface area contributed by atoms with E-state index in [4.69, 9.17) is 19.6 Å². The van der Waals surface area contributed by atoms with Gasteiger partial charge < -0.3 is 0 Å². The topological polar surface area (TPSA) is 36.9 Å². The molecule has 1 saturated heterocycles. The summed E-state index contributed by atoms with van der Waals surface area (Å²) in [4.78, 5) is 24.6. The molecule has 0 aromatic carbocycles. The predicted molar refractivity (Wildman–Crippen MR) is 92.5 cm³/mol. The van der Waals surface area contributed by atoms with E-state index in [1.807, 2.05) is 0 Å². The molecule has 4 heteroatoms. The summed E-state index contributed by atoms with van der Waals surface area (Å²) in [5.41, 5.74) is -0.339. The molecule has 3 aliphatic rings. The fourth-order valence-electron chi connectivity index (χ4n) is 5.02. The van der Waals surface area contributed by atoms with Gasteiger partial charge in [0, 0.05) is 23.7 Å². The molecule has 4 unspecified atom stereocenters. The molecule has 3 fully saturated rings. The van der Waals surface area contributed by atoms with Crippen LogP contribution in [0.4, 0.5) is 0 Å². The van der Waals surface area contributed by atoms with Gasteiger partial charge in [0.2, 0.25) is 11.6 Å². The number of rotatable bonds is 0. The van der Waals surface area contributed by atoms with E-state index in [-0.39, 0.29) is 10.8 Å². The minimum absolute atomic E-state index is 0.169. The van der Waals surface area contributed by atoms with Gasteiger partial charge in [-0.3, -0.25) is 0 Å². The van der Waals surface area contributed by atoms with Crippen molar-refractivity contribution in [3.8, 4) is 0 Å². The Morgan fingerprint density at radius 1 is 0.583 bits per heavy atom. The third-order valence-corrected chi connectivity index (χ3v) is 7.80. The smallest absolute Gasteiger partial charge is 0.194 e. The Kier molecular flexibility index (Phi) is 4.40. The summed E-state index contributed by atoms with van der Waals surface area (Å²) >= 11 is 0. The third kappa shape index (κ3) is 2.48. The zero-order valence-corrected chi connectivity index (χ0v) is 16.8. The molecule has 0 radical (unpaired) electrons. The van der Waals surface area contributed by atoms with Gasteiger partial charge in [-0.15, -0.1) is 0 Å². The lowest BCUT2D eigenvalue weighted by Gasteiger charge is -2.60. The minimum atomic E-state index is -0.824. The normalized spacial score (nSPS) is 51.0. The molecule has 0 bridgehead atoms. The summed E-state index contributed by atoms with van der Waals surface area (Å²) in [5.74, 6) is 0.336. The van der Waals surface area contributed by atoms with Gasteiger partial charge in [0.25, 0.3) is 0 Å². The second kappa shape index (κ2) is 5.67. The quantitative estimate of drug-likeness (QED) is 0.548. The van der Waals surface area contributed by atoms with Crippen molar-refractivity contribution < 1.29 is 19.6 Å². The van der Waals surface area contributed by atoms with Gasteiger partial charge in [0.05, 0.1) is 0 Å². The second-order valence-electron chi connectivity index (χ2n) is 10.2. The van der Waals surface area contributed by atoms with Crippen LogP contribution < -0.4 is 0 Å². The maximum absolute atomic E-state index is 6.14. The molecular weight excluding hydrogens is 304 g/mol. The molecular formula is C20H36O4. The van der Waals surface area contributed by atoms with Crippen LogP contribution in [0.15, 0.2) is 0 Å². The van der Waals surface area contributed by atoms with E-state index >= 15 is 0 Å². The molecule has 3 rings (SSSR count). The van der Waals surface area contributed by atoms with Crippen molar-refractivity contribution in [2.24, 2.45) is 34.5 Å². The van der Waals surface area contributed by atoms with Gasteiger partial charge in [0.15, 0.2) is 0 Å². The summed E-state index contributed by atoms with van der Waals surface area (Å²) in [5, 5.41) is 0. The summed E-state index contributed by atoms with van der Waals surface area (Å²) in [7, 11) is 0. The van der Waals surface area contributed by atoms with Gasteiger partial charge in [0.1, 0.15) is 0 Å².